The van der Waals surface area contributed by atoms with E-state index in [4.69, 9.17) is 0 Å². The van der Waals surface area contributed by atoms with E-state index in [1.54, 1.807) is 4.90 Å². The standard InChI is InChI=1S/C24H28N2O3/c1-16(2)12-21-22(28)26-15-20(27)14-24(26,23(29)25-21)13-17-8-10-19(11-9-17)18-6-4-3-5-7-18/h3-11,16,20-21,27H,12-15H2,1-2H3,(H,25,29)/t20-,21-,24?/m1/s1. The Hall–Kier alpha value is -2.66. The second-order valence-corrected chi connectivity index (χ2v) is 8.73. The van der Waals surface area contributed by atoms with Crippen LogP contribution in [-0.2, 0) is 16.0 Å². The van der Waals surface area contributed by atoms with Crippen molar-refractivity contribution < 1.29 is 14.7 Å². The van der Waals surface area contributed by atoms with Gasteiger partial charge >= 0.3 is 0 Å². The lowest BCUT2D eigenvalue weighted by molar-refractivity contribution is -0.154. The lowest BCUT2D eigenvalue weighted by Gasteiger charge is -2.44. The second-order valence-electron chi connectivity index (χ2n) is 8.73. The summed E-state index contributed by atoms with van der Waals surface area (Å²) in [4.78, 5) is 27.9. The molecule has 2 aromatic carbocycles. The first-order valence-corrected chi connectivity index (χ1v) is 10.3. The lowest BCUT2D eigenvalue weighted by atomic mass is 9.83. The molecule has 2 fully saturated rings. The van der Waals surface area contributed by atoms with Crippen LogP contribution in [-0.4, -0.2) is 46.1 Å². The third-order valence-corrected chi connectivity index (χ3v) is 6.04. The van der Waals surface area contributed by atoms with Crippen molar-refractivity contribution >= 4 is 11.8 Å². The molecule has 0 aromatic heterocycles. The van der Waals surface area contributed by atoms with Crippen molar-refractivity contribution in [3.63, 3.8) is 0 Å². The van der Waals surface area contributed by atoms with E-state index in [0.717, 1.165) is 16.7 Å². The molecule has 1 unspecified atom stereocenters. The number of fused-ring (bicyclic) bond motifs is 1. The van der Waals surface area contributed by atoms with Crippen molar-refractivity contribution in [1.29, 1.82) is 0 Å². The first-order chi connectivity index (χ1) is 13.9. The van der Waals surface area contributed by atoms with E-state index in [1.807, 2.05) is 56.3 Å². The van der Waals surface area contributed by atoms with E-state index in [0.29, 0.717) is 18.8 Å². The predicted octanol–water partition coefficient (Wildman–Crippen LogP) is 2.77. The Balaban J connectivity index is 1.59. The molecule has 0 bridgehead atoms. The number of carbonyl (C=O) groups is 2. The van der Waals surface area contributed by atoms with E-state index in [-0.39, 0.29) is 24.8 Å². The molecular weight excluding hydrogens is 364 g/mol. The third-order valence-electron chi connectivity index (χ3n) is 6.04. The van der Waals surface area contributed by atoms with Crippen LogP contribution in [0.15, 0.2) is 54.6 Å². The first-order valence-electron chi connectivity index (χ1n) is 10.3. The Bertz CT molecular complexity index is 894. The van der Waals surface area contributed by atoms with Crippen LogP contribution in [0.2, 0.25) is 0 Å². The van der Waals surface area contributed by atoms with Gasteiger partial charge in [0.25, 0.3) is 0 Å². The SMILES string of the molecule is CC(C)C[C@H]1NC(=O)C2(Cc3ccc(-c4ccccc4)cc3)C[C@@H](O)CN2C1=O. The summed E-state index contributed by atoms with van der Waals surface area (Å²) in [5.74, 6) is 0.0806. The van der Waals surface area contributed by atoms with Gasteiger partial charge in [0.05, 0.1) is 6.10 Å². The predicted molar refractivity (Wildman–Crippen MR) is 112 cm³/mol. The Morgan fingerprint density at radius 3 is 2.38 bits per heavy atom. The van der Waals surface area contributed by atoms with Crippen molar-refractivity contribution in [1.82, 2.24) is 10.2 Å². The van der Waals surface area contributed by atoms with Gasteiger partial charge in [-0.1, -0.05) is 68.4 Å². The molecule has 2 saturated heterocycles. The van der Waals surface area contributed by atoms with Crippen LogP contribution >= 0.6 is 0 Å². The molecule has 4 rings (SSSR count). The van der Waals surface area contributed by atoms with Gasteiger partial charge < -0.3 is 15.3 Å². The van der Waals surface area contributed by atoms with Gasteiger partial charge in [0.15, 0.2) is 0 Å². The van der Waals surface area contributed by atoms with Gasteiger partial charge in [0.2, 0.25) is 11.8 Å². The van der Waals surface area contributed by atoms with E-state index >= 15 is 0 Å². The molecule has 0 spiro atoms. The molecule has 29 heavy (non-hydrogen) atoms. The van der Waals surface area contributed by atoms with E-state index < -0.39 is 17.7 Å². The number of hydrogen-bond donors (Lipinski definition) is 2. The summed E-state index contributed by atoms with van der Waals surface area (Å²) >= 11 is 0. The molecule has 2 N–H and O–H groups in total. The van der Waals surface area contributed by atoms with Crippen LogP contribution in [0.25, 0.3) is 11.1 Å². The van der Waals surface area contributed by atoms with E-state index in [1.165, 1.54) is 0 Å². The number of amides is 2. The average Bonchev–Trinajstić information content (AvgIpc) is 3.05. The molecule has 2 amide bonds. The fraction of sp³-hybridized carbons (Fsp3) is 0.417. The zero-order chi connectivity index (χ0) is 20.6. The molecular formula is C24H28N2O3. The molecule has 5 heteroatoms. The van der Waals surface area contributed by atoms with Crippen LogP contribution in [0.3, 0.4) is 0 Å². The highest BCUT2D eigenvalue weighted by molar-refractivity contribution is 6.00. The number of piperazine rings is 1. The minimum absolute atomic E-state index is 0.0734. The molecule has 0 aliphatic carbocycles. The third kappa shape index (κ3) is 3.67. The van der Waals surface area contributed by atoms with Crippen LogP contribution in [0.1, 0.15) is 32.3 Å². The maximum atomic E-state index is 13.2. The minimum atomic E-state index is -1.00. The molecule has 2 aliphatic heterocycles. The van der Waals surface area contributed by atoms with Crippen molar-refractivity contribution in [2.24, 2.45) is 5.92 Å². The molecule has 0 saturated carbocycles. The molecule has 0 radical (unpaired) electrons. The maximum absolute atomic E-state index is 13.2. The molecule has 3 atom stereocenters. The molecule has 2 aromatic rings. The smallest absolute Gasteiger partial charge is 0.247 e. The van der Waals surface area contributed by atoms with Gasteiger partial charge in [-0.2, -0.15) is 0 Å². The summed E-state index contributed by atoms with van der Waals surface area (Å²) in [6.45, 7) is 4.30. The van der Waals surface area contributed by atoms with Gasteiger partial charge in [0.1, 0.15) is 11.6 Å². The average molecular weight is 392 g/mol. The number of β-amino-alcohol motifs (C(OH)–C–C–N with tert-alkyl or cyclic N) is 1. The molecule has 2 heterocycles. The quantitative estimate of drug-likeness (QED) is 0.822. The zero-order valence-corrected chi connectivity index (χ0v) is 17.0. The number of carbonyl (C=O) groups excluding carboxylic acids is 2. The van der Waals surface area contributed by atoms with Crippen LogP contribution in [0.4, 0.5) is 0 Å². The molecule has 5 nitrogen and oxygen atoms in total. The van der Waals surface area contributed by atoms with Crippen LogP contribution in [0.5, 0.6) is 0 Å². The lowest BCUT2D eigenvalue weighted by Crippen LogP contribution is -2.69. The van der Waals surface area contributed by atoms with Crippen LogP contribution in [0, 0.1) is 5.92 Å². The Morgan fingerprint density at radius 1 is 1.07 bits per heavy atom. The summed E-state index contributed by atoms with van der Waals surface area (Å²) in [5.41, 5.74) is 2.22. The molecule has 152 valence electrons. The van der Waals surface area contributed by atoms with E-state index in [2.05, 4.69) is 17.4 Å². The van der Waals surface area contributed by atoms with Gasteiger partial charge in [-0.15, -0.1) is 0 Å². The summed E-state index contributed by atoms with van der Waals surface area (Å²) in [7, 11) is 0. The number of hydrogen-bond acceptors (Lipinski definition) is 3. The summed E-state index contributed by atoms with van der Waals surface area (Å²) in [5, 5.41) is 13.3. The van der Waals surface area contributed by atoms with Gasteiger partial charge in [-0.3, -0.25) is 9.59 Å². The van der Waals surface area contributed by atoms with Crippen molar-refractivity contribution in [2.75, 3.05) is 6.54 Å². The number of nitrogens with one attached hydrogen (secondary N) is 1. The monoisotopic (exact) mass is 392 g/mol. The number of aliphatic hydroxyl groups is 1. The minimum Gasteiger partial charge on any atom is -0.391 e. The van der Waals surface area contributed by atoms with E-state index in [9.17, 15) is 14.7 Å². The van der Waals surface area contributed by atoms with Gasteiger partial charge in [-0.25, -0.2) is 0 Å². The fourth-order valence-corrected chi connectivity index (χ4v) is 4.67. The Labute approximate surface area is 171 Å². The fourth-order valence-electron chi connectivity index (χ4n) is 4.67. The van der Waals surface area contributed by atoms with Crippen molar-refractivity contribution in [3.05, 3.63) is 60.2 Å². The topological polar surface area (TPSA) is 69.6 Å². The largest absolute Gasteiger partial charge is 0.391 e. The highest BCUT2D eigenvalue weighted by Crippen LogP contribution is 2.37. The normalized spacial score (nSPS) is 26.6. The summed E-state index contributed by atoms with van der Waals surface area (Å²) < 4.78 is 0. The Morgan fingerprint density at radius 2 is 1.72 bits per heavy atom. The van der Waals surface area contributed by atoms with Gasteiger partial charge in [0, 0.05) is 19.4 Å². The zero-order valence-electron chi connectivity index (χ0n) is 17.0. The number of benzene rings is 2. The summed E-state index contributed by atoms with van der Waals surface area (Å²) in [6.07, 6.45) is 0.620. The molecule has 2 aliphatic rings. The summed E-state index contributed by atoms with van der Waals surface area (Å²) in [6, 6.07) is 17.7. The highest BCUT2D eigenvalue weighted by Gasteiger charge is 2.57. The highest BCUT2D eigenvalue weighted by atomic mass is 16.3. The van der Waals surface area contributed by atoms with Gasteiger partial charge in [-0.05, 0) is 29.0 Å². The van der Waals surface area contributed by atoms with Crippen molar-refractivity contribution in [3.8, 4) is 11.1 Å². The Kier molecular flexibility index (Phi) is 5.17. The number of rotatable bonds is 5. The number of aliphatic hydroxyl groups excluding tert-OH is 1. The van der Waals surface area contributed by atoms with Crippen molar-refractivity contribution in [2.45, 2.75) is 50.8 Å². The number of nitrogens with zero attached hydrogens (tertiary/aromatic N) is 1. The van der Waals surface area contributed by atoms with Crippen LogP contribution < -0.4 is 5.32 Å². The first kappa shape index (κ1) is 19.6. The second kappa shape index (κ2) is 7.64. The maximum Gasteiger partial charge on any atom is 0.247 e.